The summed E-state index contributed by atoms with van der Waals surface area (Å²) in [4.78, 5) is 12.4. The summed E-state index contributed by atoms with van der Waals surface area (Å²) in [5, 5.41) is 13.3. The molecule has 0 aromatic heterocycles. The first-order chi connectivity index (χ1) is 15.0. The molecule has 0 spiro atoms. The quantitative estimate of drug-likeness (QED) is 0.345. The largest absolute Gasteiger partial charge is 0.493 e. The maximum atomic E-state index is 12.4. The molecule has 0 atom stereocenters. The molecule has 156 valence electrons. The van der Waals surface area contributed by atoms with Gasteiger partial charge in [0.25, 0.3) is 5.91 Å². The van der Waals surface area contributed by atoms with Crippen LogP contribution in [0.3, 0.4) is 0 Å². The lowest BCUT2D eigenvalue weighted by Gasteiger charge is -2.12. The number of halogens is 2. The fourth-order valence-corrected chi connectivity index (χ4v) is 3.07. The monoisotopic (exact) mass is 452 g/mol. The summed E-state index contributed by atoms with van der Waals surface area (Å²) in [6.07, 6.45) is 1.48. The van der Waals surface area contributed by atoms with Crippen LogP contribution in [0, 0.1) is 11.3 Å². The molecule has 0 aliphatic heterocycles. The van der Waals surface area contributed by atoms with Gasteiger partial charge in [0.2, 0.25) is 0 Å². The average Bonchev–Trinajstić information content (AvgIpc) is 2.77. The van der Waals surface area contributed by atoms with Gasteiger partial charge in [-0.05, 0) is 65.7 Å². The van der Waals surface area contributed by atoms with E-state index in [-0.39, 0.29) is 5.57 Å². The summed E-state index contributed by atoms with van der Waals surface area (Å²) in [5.41, 5.74) is 2.03. The van der Waals surface area contributed by atoms with Crippen LogP contribution in [0.2, 0.25) is 10.0 Å². The number of ether oxygens (including phenoxy) is 2. The van der Waals surface area contributed by atoms with Crippen molar-refractivity contribution < 1.29 is 14.3 Å². The Morgan fingerprint density at radius 3 is 2.48 bits per heavy atom. The van der Waals surface area contributed by atoms with Crippen LogP contribution in [-0.2, 0) is 11.4 Å². The zero-order chi connectivity index (χ0) is 22.2. The number of carbonyl (C=O) groups is 1. The predicted octanol–water partition coefficient (Wildman–Crippen LogP) is 6.13. The van der Waals surface area contributed by atoms with Crippen LogP contribution in [0.5, 0.6) is 11.5 Å². The zero-order valence-corrected chi connectivity index (χ0v) is 18.1. The van der Waals surface area contributed by atoms with Crippen molar-refractivity contribution >= 4 is 40.9 Å². The molecule has 0 fully saturated rings. The average molecular weight is 453 g/mol. The second-order valence-electron chi connectivity index (χ2n) is 6.46. The number of nitrogens with one attached hydrogen (secondary N) is 1. The van der Waals surface area contributed by atoms with Crippen molar-refractivity contribution in [2.75, 3.05) is 12.4 Å². The van der Waals surface area contributed by atoms with Gasteiger partial charge in [0, 0.05) is 15.7 Å². The van der Waals surface area contributed by atoms with E-state index in [0.29, 0.717) is 39.4 Å². The van der Waals surface area contributed by atoms with Crippen LogP contribution >= 0.6 is 23.2 Å². The second-order valence-corrected chi connectivity index (χ2v) is 7.33. The van der Waals surface area contributed by atoms with Gasteiger partial charge in [-0.25, -0.2) is 0 Å². The number of benzene rings is 3. The van der Waals surface area contributed by atoms with Crippen LogP contribution < -0.4 is 14.8 Å². The SMILES string of the molecule is COc1cc(/C=C(\C#N)C(=O)Nc2ccc(Cl)cc2)ccc1OCc1cccc(Cl)c1. The molecule has 0 saturated heterocycles. The van der Waals surface area contributed by atoms with Gasteiger partial charge in [0.15, 0.2) is 11.5 Å². The van der Waals surface area contributed by atoms with Gasteiger partial charge in [0.1, 0.15) is 18.2 Å². The van der Waals surface area contributed by atoms with E-state index < -0.39 is 5.91 Å². The Morgan fingerprint density at radius 1 is 1.03 bits per heavy atom. The van der Waals surface area contributed by atoms with Crippen molar-refractivity contribution in [3.05, 3.63) is 93.5 Å². The Bertz CT molecular complexity index is 1150. The van der Waals surface area contributed by atoms with Crippen molar-refractivity contribution in [1.82, 2.24) is 0 Å². The molecular weight excluding hydrogens is 435 g/mol. The lowest BCUT2D eigenvalue weighted by molar-refractivity contribution is -0.112. The minimum atomic E-state index is -0.523. The minimum absolute atomic E-state index is 0.0513. The van der Waals surface area contributed by atoms with Crippen LogP contribution in [-0.4, -0.2) is 13.0 Å². The number of anilines is 1. The van der Waals surface area contributed by atoms with E-state index >= 15 is 0 Å². The Kier molecular flexibility index (Phi) is 7.55. The number of hydrogen-bond donors (Lipinski definition) is 1. The smallest absolute Gasteiger partial charge is 0.266 e. The molecule has 1 amide bonds. The lowest BCUT2D eigenvalue weighted by atomic mass is 10.1. The van der Waals surface area contributed by atoms with E-state index in [0.717, 1.165) is 5.56 Å². The van der Waals surface area contributed by atoms with Crippen molar-refractivity contribution in [1.29, 1.82) is 5.26 Å². The number of amides is 1. The Hall–Kier alpha value is -3.46. The van der Waals surface area contributed by atoms with E-state index in [1.165, 1.54) is 13.2 Å². The van der Waals surface area contributed by atoms with Gasteiger partial charge in [0.05, 0.1) is 7.11 Å². The van der Waals surface area contributed by atoms with Gasteiger partial charge in [-0.3, -0.25) is 4.79 Å². The van der Waals surface area contributed by atoms with Gasteiger partial charge < -0.3 is 14.8 Å². The number of rotatable bonds is 7. The highest BCUT2D eigenvalue weighted by atomic mass is 35.5. The van der Waals surface area contributed by atoms with Gasteiger partial charge in [-0.15, -0.1) is 0 Å². The van der Waals surface area contributed by atoms with E-state index in [2.05, 4.69) is 5.32 Å². The molecule has 3 aromatic rings. The third-order valence-electron chi connectivity index (χ3n) is 4.25. The first-order valence-corrected chi connectivity index (χ1v) is 9.98. The highest BCUT2D eigenvalue weighted by Gasteiger charge is 2.11. The van der Waals surface area contributed by atoms with Crippen LogP contribution in [0.1, 0.15) is 11.1 Å². The molecule has 0 radical (unpaired) electrons. The summed E-state index contributed by atoms with van der Waals surface area (Å²) in [7, 11) is 1.52. The third kappa shape index (κ3) is 6.26. The normalized spacial score (nSPS) is 10.8. The first kappa shape index (κ1) is 22.2. The van der Waals surface area contributed by atoms with Crippen molar-refractivity contribution in [3.63, 3.8) is 0 Å². The van der Waals surface area contributed by atoms with Crippen LogP contribution in [0.15, 0.2) is 72.3 Å². The molecule has 0 saturated carbocycles. The number of nitrogens with zero attached hydrogens (tertiary/aromatic N) is 1. The van der Waals surface area contributed by atoms with Gasteiger partial charge >= 0.3 is 0 Å². The highest BCUT2D eigenvalue weighted by Crippen LogP contribution is 2.30. The highest BCUT2D eigenvalue weighted by molar-refractivity contribution is 6.31. The number of methoxy groups -OCH3 is 1. The van der Waals surface area contributed by atoms with Crippen molar-refractivity contribution in [2.24, 2.45) is 0 Å². The molecule has 0 heterocycles. The summed E-state index contributed by atoms with van der Waals surface area (Å²) >= 11 is 11.8. The van der Waals surface area contributed by atoms with Crippen molar-refractivity contribution in [3.8, 4) is 17.6 Å². The van der Waals surface area contributed by atoms with Crippen LogP contribution in [0.4, 0.5) is 5.69 Å². The Morgan fingerprint density at radius 2 is 1.81 bits per heavy atom. The molecule has 0 unspecified atom stereocenters. The molecule has 3 aromatic carbocycles. The fourth-order valence-electron chi connectivity index (χ4n) is 2.73. The van der Waals surface area contributed by atoms with Gasteiger partial charge in [-0.1, -0.05) is 41.4 Å². The Labute approximate surface area is 190 Å². The number of hydrogen-bond acceptors (Lipinski definition) is 4. The molecule has 0 aliphatic rings. The molecule has 1 N–H and O–H groups in total. The molecule has 7 heteroatoms. The molecule has 5 nitrogen and oxygen atoms in total. The van der Waals surface area contributed by atoms with E-state index in [9.17, 15) is 10.1 Å². The van der Waals surface area contributed by atoms with E-state index in [1.54, 1.807) is 48.5 Å². The Balaban J connectivity index is 1.74. The lowest BCUT2D eigenvalue weighted by Crippen LogP contribution is -2.13. The molecule has 0 bridgehead atoms. The molecule has 0 aliphatic carbocycles. The maximum absolute atomic E-state index is 12.4. The van der Waals surface area contributed by atoms with Gasteiger partial charge in [-0.2, -0.15) is 5.26 Å². The summed E-state index contributed by atoms with van der Waals surface area (Å²) in [6, 6.07) is 21.1. The molecule has 3 rings (SSSR count). The summed E-state index contributed by atoms with van der Waals surface area (Å²) in [6.45, 7) is 0.319. The predicted molar refractivity (Wildman–Crippen MR) is 122 cm³/mol. The van der Waals surface area contributed by atoms with E-state index in [4.69, 9.17) is 32.7 Å². The van der Waals surface area contributed by atoms with Crippen molar-refractivity contribution in [2.45, 2.75) is 6.61 Å². The summed E-state index contributed by atoms with van der Waals surface area (Å²) < 4.78 is 11.2. The second kappa shape index (κ2) is 10.5. The standard InChI is InChI=1S/C24H18Cl2N2O3/c1-30-23-13-16(5-10-22(23)31-15-17-3-2-4-20(26)12-17)11-18(14-27)24(29)28-21-8-6-19(25)7-9-21/h2-13H,15H2,1H3,(H,28,29)/b18-11+. The first-order valence-electron chi connectivity index (χ1n) is 9.22. The molecular formula is C24H18Cl2N2O3. The van der Waals surface area contributed by atoms with Crippen LogP contribution in [0.25, 0.3) is 6.08 Å². The third-order valence-corrected chi connectivity index (χ3v) is 4.74. The fraction of sp³-hybridized carbons (Fsp3) is 0.0833. The topological polar surface area (TPSA) is 71.3 Å². The number of nitriles is 1. The molecule has 31 heavy (non-hydrogen) atoms. The van der Waals surface area contributed by atoms with E-state index in [1.807, 2.05) is 24.3 Å². The minimum Gasteiger partial charge on any atom is -0.493 e. The zero-order valence-electron chi connectivity index (χ0n) is 16.6. The maximum Gasteiger partial charge on any atom is 0.266 e. The number of carbonyl (C=O) groups excluding carboxylic acids is 1. The summed E-state index contributed by atoms with van der Waals surface area (Å²) in [5.74, 6) is 0.486.